The molecule has 1 aromatic rings. The van der Waals surface area contributed by atoms with Crippen molar-refractivity contribution in [1.82, 2.24) is 10.6 Å². The minimum Gasteiger partial charge on any atom is -0.472 e. The van der Waals surface area contributed by atoms with E-state index in [1.807, 2.05) is 6.07 Å². The lowest BCUT2D eigenvalue weighted by molar-refractivity contribution is 0.158. The Hall–Kier alpha value is -0.840. The average Bonchev–Trinajstić information content (AvgIpc) is 2.77. The van der Waals surface area contributed by atoms with Crippen LogP contribution in [0.15, 0.2) is 23.0 Å². The van der Waals surface area contributed by atoms with Crippen molar-refractivity contribution in [2.45, 2.75) is 25.1 Å². The minimum atomic E-state index is -0.288. The van der Waals surface area contributed by atoms with Crippen LogP contribution in [-0.2, 0) is 0 Å². The van der Waals surface area contributed by atoms with E-state index < -0.39 is 0 Å². The summed E-state index contributed by atoms with van der Waals surface area (Å²) in [5, 5.41) is 16.1. The molecular formula is C10H16N2O2. The van der Waals surface area contributed by atoms with Gasteiger partial charge in [0.25, 0.3) is 0 Å². The maximum atomic E-state index is 9.59. The molecule has 14 heavy (non-hydrogen) atoms. The van der Waals surface area contributed by atoms with Gasteiger partial charge in [0.2, 0.25) is 0 Å². The molecule has 2 heterocycles. The Morgan fingerprint density at radius 1 is 1.64 bits per heavy atom. The van der Waals surface area contributed by atoms with E-state index in [1.165, 1.54) is 0 Å². The Kier molecular flexibility index (Phi) is 2.86. The molecule has 78 valence electrons. The van der Waals surface area contributed by atoms with Crippen LogP contribution in [0.3, 0.4) is 0 Å². The van der Waals surface area contributed by atoms with Crippen LogP contribution >= 0.6 is 0 Å². The van der Waals surface area contributed by atoms with Gasteiger partial charge in [-0.1, -0.05) is 0 Å². The predicted octanol–water partition coefficient (Wildman–Crippen LogP) is 0.263. The summed E-state index contributed by atoms with van der Waals surface area (Å²) in [7, 11) is 0. The maximum Gasteiger partial charge on any atom is 0.0950 e. The second-order valence-electron chi connectivity index (χ2n) is 3.78. The second kappa shape index (κ2) is 4.13. The van der Waals surface area contributed by atoms with E-state index in [9.17, 15) is 5.11 Å². The Balaban J connectivity index is 1.91. The summed E-state index contributed by atoms with van der Waals surface area (Å²) in [5.74, 6) is 0. The SMILES string of the molecule is CC(N[C@@H]1CNC[C@H]1O)c1ccoc1. The number of hydrogen-bond acceptors (Lipinski definition) is 4. The highest BCUT2D eigenvalue weighted by Crippen LogP contribution is 2.14. The third-order valence-corrected chi connectivity index (χ3v) is 2.69. The topological polar surface area (TPSA) is 57.4 Å². The van der Waals surface area contributed by atoms with Gasteiger partial charge in [-0.05, 0) is 13.0 Å². The number of aliphatic hydroxyl groups is 1. The molecule has 1 unspecified atom stereocenters. The van der Waals surface area contributed by atoms with Crippen LogP contribution in [-0.4, -0.2) is 30.3 Å². The van der Waals surface area contributed by atoms with Gasteiger partial charge in [0.1, 0.15) is 0 Å². The summed E-state index contributed by atoms with van der Waals surface area (Å²) >= 11 is 0. The zero-order chi connectivity index (χ0) is 9.97. The van der Waals surface area contributed by atoms with Gasteiger partial charge in [-0.25, -0.2) is 0 Å². The third-order valence-electron chi connectivity index (χ3n) is 2.69. The molecule has 1 aliphatic heterocycles. The number of furan rings is 1. The smallest absolute Gasteiger partial charge is 0.0950 e. The van der Waals surface area contributed by atoms with Crippen molar-refractivity contribution in [3.63, 3.8) is 0 Å². The van der Waals surface area contributed by atoms with Gasteiger partial charge in [-0.2, -0.15) is 0 Å². The first-order valence-corrected chi connectivity index (χ1v) is 4.94. The highest BCUT2D eigenvalue weighted by Gasteiger charge is 2.26. The normalized spacial score (nSPS) is 29.3. The number of β-amino-alcohol motifs (C(OH)–C–C–N with tert-alkyl or cyclic N) is 1. The lowest BCUT2D eigenvalue weighted by Gasteiger charge is -2.20. The van der Waals surface area contributed by atoms with Crippen molar-refractivity contribution < 1.29 is 9.52 Å². The Morgan fingerprint density at radius 2 is 2.50 bits per heavy atom. The highest BCUT2D eigenvalue weighted by molar-refractivity contribution is 5.11. The van der Waals surface area contributed by atoms with Crippen LogP contribution in [0.5, 0.6) is 0 Å². The summed E-state index contributed by atoms with van der Waals surface area (Å²) in [6.07, 6.45) is 3.10. The molecule has 0 saturated carbocycles. The van der Waals surface area contributed by atoms with Crippen molar-refractivity contribution in [1.29, 1.82) is 0 Å². The number of rotatable bonds is 3. The fourth-order valence-electron chi connectivity index (χ4n) is 1.77. The van der Waals surface area contributed by atoms with Gasteiger partial charge >= 0.3 is 0 Å². The number of hydrogen-bond donors (Lipinski definition) is 3. The molecule has 0 spiro atoms. The quantitative estimate of drug-likeness (QED) is 0.649. The molecule has 0 aromatic carbocycles. The van der Waals surface area contributed by atoms with E-state index >= 15 is 0 Å². The van der Waals surface area contributed by atoms with E-state index in [0.717, 1.165) is 12.1 Å². The highest BCUT2D eigenvalue weighted by atomic mass is 16.3. The lowest BCUT2D eigenvalue weighted by Crippen LogP contribution is -2.40. The molecule has 4 heteroatoms. The lowest BCUT2D eigenvalue weighted by atomic mass is 10.1. The second-order valence-corrected chi connectivity index (χ2v) is 3.78. The molecule has 1 aromatic heterocycles. The monoisotopic (exact) mass is 196 g/mol. The average molecular weight is 196 g/mol. The summed E-state index contributed by atoms with van der Waals surface area (Å²) in [6, 6.07) is 2.29. The Labute approximate surface area is 83.3 Å². The van der Waals surface area contributed by atoms with Crippen molar-refractivity contribution in [3.05, 3.63) is 24.2 Å². The fourth-order valence-corrected chi connectivity index (χ4v) is 1.77. The van der Waals surface area contributed by atoms with Gasteiger partial charge in [0.15, 0.2) is 0 Å². The summed E-state index contributed by atoms with van der Waals surface area (Å²) in [6.45, 7) is 3.56. The van der Waals surface area contributed by atoms with Crippen LogP contribution in [0.2, 0.25) is 0 Å². The van der Waals surface area contributed by atoms with E-state index in [0.29, 0.717) is 6.54 Å². The first-order chi connectivity index (χ1) is 6.77. The molecule has 0 aliphatic carbocycles. The van der Waals surface area contributed by atoms with Crippen LogP contribution < -0.4 is 10.6 Å². The van der Waals surface area contributed by atoms with Crippen LogP contribution in [0.1, 0.15) is 18.5 Å². The standard InChI is InChI=1S/C10H16N2O2/c1-7(8-2-3-14-6-8)12-9-4-11-5-10(9)13/h2-3,6-7,9-13H,4-5H2,1H3/t7?,9-,10-/m1/s1. The first-order valence-electron chi connectivity index (χ1n) is 4.94. The molecule has 4 nitrogen and oxygen atoms in total. The van der Waals surface area contributed by atoms with Crippen LogP contribution in [0.25, 0.3) is 0 Å². The van der Waals surface area contributed by atoms with E-state index in [1.54, 1.807) is 12.5 Å². The Bertz CT molecular complexity index is 274. The van der Waals surface area contributed by atoms with E-state index in [4.69, 9.17) is 4.42 Å². The minimum absolute atomic E-state index is 0.139. The maximum absolute atomic E-state index is 9.59. The van der Waals surface area contributed by atoms with Crippen molar-refractivity contribution >= 4 is 0 Å². The molecule has 3 atom stereocenters. The number of aliphatic hydroxyl groups excluding tert-OH is 1. The molecule has 0 amide bonds. The third kappa shape index (κ3) is 1.97. The van der Waals surface area contributed by atoms with Gasteiger partial charge in [0.05, 0.1) is 18.6 Å². The van der Waals surface area contributed by atoms with Crippen molar-refractivity contribution in [2.75, 3.05) is 13.1 Å². The molecule has 3 N–H and O–H groups in total. The molecule has 2 rings (SSSR count). The summed E-state index contributed by atoms with van der Waals surface area (Å²) in [5.41, 5.74) is 1.11. The first kappa shape index (κ1) is 9.71. The summed E-state index contributed by atoms with van der Waals surface area (Å²) < 4.78 is 5.01. The van der Waals surface area contributed by atoms with Gasteiger partial charge < -0.3 is 20.2 Å². The van der Waals surface area contributed by atoms with E-state index in [2.05, 4.69) is 17.6 Å². The molecule has 1 saturated heterocycles. The largest absolute Gasteiger partial charge is 0.472 e. The van der Waals surface area contributed by atoms with E-state index in [-0.39, 0.29) is 18.2 Å². The summed E-state index contributed by atoms with van der Waals surface area (Å²) in [4.78, 5) is 0. The van der Waals surface area contributed by atoms with Gasteiger partial charge in [0, 0.05) is 30.7 Å². The zero-order valence-electron chi connectivity index (χ0n) is 8.23. The van der Waals surface area contributed by atoms with Crippen molar-refractivity contribution in [3.8, 4) is 0 Å². The van der Waals surface area contributed by atoms with Gasteiger partial charge in [-0.15, -0.1) is 0 Å². The zero-order valence-corrected chi connectivity index (χ0v) is 8.23. The van der Waals surface area contributed by atoms with Gasteiger partial charge in [-0.3, -0.25) is 0 Å². The van der Waals surface area contributed by atoms with Crippen LogP contribution in [0.4, 0.5) is 0 Å². The van der Waals surface area contributed by atoms with Crippen LogP contribution in [0, 0.1) is 0 Å². The molecule has 0 radical (unpaired) electrons. The molecule has 1 fully saturated rings. The fraction of sp³-hybridized carbons (Fsp3) is 0.600. The predicted molar refractivity (Wildman–Crippen MR) is 52.9 cm³/mol. The van der Waals surface area contributed by atoms with Crippen molar-refractivity contribution in [2.24, 2.45) is 0 Å². The molecule has 1 aliphatic rings. The molecule has 0 bridgehead atoms. The number of nitrogens with one attached hydrogen (secondary N) is 2. The molecular weight excluding hydrogens is 180 g/mol. The Morgan fingerprint density at radius 3 is 3.07 bits per heavy atom.